The number of ketones is 2. The van der Waals surface area contributed by atoms with Gasteiger partial charge in [0.05, 0.1) is 6.42 Å². The molecule has 2 atom stereocenters. The van der Waals surface area contributed by atoms with Crippen LogP contribution in [0.15, 0.2) is 18.2 Å². The van der Waals surface area contributed by atoms with Gasteiger partial charge in [0, 0.05) is 5.92 Å². The van der Waals surface area contributed by atoms with Crippen LogP contribution in [0, 0.1) is 18.3 Å². The molecule has 142 valence electrons. The van der Waals surface area contributed by atoms with Crippen molar-refractivity contribution < 1.29 is 9.59 Å². The summed E-state index contributed by atoms with van der Waals surface area (Å²) in [6.45, 7) is 6.07. The zero-order valence-corrected chi connectivity index (χ0v) is 16.8. The second-order valence-corrected chi connectivity index (χ2v) is 9.28. The molecule has 0 bridgehead atoms. The molecule has 2 saturated carbocycles. The first kappa shape index (κ1) is 19.3. The molecule has 2 aliphatic rings. The van der Waals surface area contributed by atoms with Gasteiger partial charge in [-0.1, -0.05) is 43.5 Å². The molecule has 2 nitrogen and oxygen atoms in total. The summed E-state index contributed by atoms with van der Waals surface area (Å²) in [6, 6.07) is 7.02. The van der Waals surface area contributed by atoms with Crippen molar-refractivity contribution >= 4 is 11.6 Å². The van der Waals surface area contributed by atoms with Crippen molar-refractivity contribution in [1.82, 2.24) is 0 Å². The lowest BCUT2D eigenvalue weighted by atomic mass is 9.79. The summed E-state index contributed by atoms with van der Waals surface area (Å²) >= 11 is 0. The Bertz CT molecular complexity index is 669. The van der Waals surface area contributed by atoms with E-state index in [0.717, 1.165) is 38.0 Å². The Hall–Kier alpha value is -1.44. The van der Waals surface area contributed by atoms with Crippen molar-refractivity contribution in [2.45, 2.75) is 90.9 Å². The molecule has 0 N–H and O–H groups in total. The fraction of sp³-hybridized carbons (Fsp3) is 0.667. The summed E-state index contributed by atoms with van der Waals surface area (Å²) in [7, 11) is 0. The molecule has 2 heteroatoms. The minimum absolute atomic E-state index is 0.00413. The van der Waals surface area contributed by atoms with E-state index in [1.165, 1.54) is 43.7 Å². The smallest absolute Gasteiger partial charge is 0.143 e. The molecule has 1 aromatic carbocycles. The Morgan fingerprint density at radius 3 is 2.58 bits per heavy atom. The van der Waals surface area contributed by atoms with Gasteiger partial charge in [-0.3, -0.25) is 9.59 Å². The molecule has 0 radical (unpaired) electrons. The first-order valence-electron chi connectivity index (χ1n) is 10.5. The first-order chi connectivity index (χ1) is 12.4. The second-order valence-electron chi connectivity index (χ2n) is 9.28. The van der Waals surface area contributed by atoms with Gasteiger partial charge in [-0.15, -0.1) is 0 Å². The number of benzene rings is 1. The fourth-order valence-corrected chi connectivity index (χ4v) is 5.21. The van der Waals surface area contributed by atoms with Crippen molar-refractivity contribution in [3.8, 4) is 0 Å². The monoisotopic (exact) mass is 354 g/mol. The fourth-order valence-electron chi connectivity index (χ4n) is 5.21. The number of hydrogen-bond acceptors (Lipinski definition) is 2. The van der Waals surface area contributed by atoms with Crippen molar-refractivity contribution in [2.75, 3.05) is 0 Å². The number of Topliss-reactive ketones (excluding diaryl/α,β-unsaturated/α-hetero) is 2. The van der Waals surface area contributed by atoms with Gasteiger partial charge >= 0.3 is 0 Å². The van der Waals surface area contributed by atoms with E-state index in [1.54, 1.807) is 5.56 Å². The summed E-state index contributed by atoms with van der Waals surface area (Å²) in [5.41, 5.74) is 4.74. The Kier molecular flexibility index (Phi) is 5.99. The Labute approximate surface area is 158 Å². The largest absolute Gasteiger partial charge is 0.300 e. The third-order valence-electron chi connectivity index (χ3n) is 6.81. The first-order valence-corrected chi connectivity index (χ1v) is 10.5. The lowest BCUT2D eigenvalue weighted by Crippen LogP contribution is -2.18. The third-order valence-corrected chi connectivity index (χ3v) is 6.81. The number of hydrogen-bond donors (Lipinski definition) is 0. The molecule has 0 heterocycles. The SMILES string of the molecule is CC(=O)CC(=O)C1CCC(C)(CCc2ccc(C)cc2C2CCCC2)C1. The zero-order chi connectivity index (χ0) is 18.7. The average Bonchev–Trinajstić information content (AvgIpc) is 3.23. The van der Waals surface area contributed by atoms with E-state index in [2.05, 4.69) is 32.0 Å². The summed E-state index contributed by atoms with van der Waals surface area (Å²) in [4.78, 5) is 23.5. The van der Waals surface area contributed by atoms with Crippen LogP contribution in [0.3, 0.4) is 0 Å². The van der Waals surface area contributed by atoms with Crippen LogP contribution >= 0.6 is 0 Å². The average molecular weight is 355 g/mol. The molecule has 3 rings (SSSR count). The molecule has 2 aliphatic carbocycles. The third kappa shape index (κ3) is 4.64. The minimum atomic E-state index is 0.00413. The number of carbonyl (C=O) groups is 2. The van der Waals surface area contributed by atoms with Crippen LogP contribution in [0.1, 0.15) is 94.2 Å². The highest BCUT2D eigenvalue weighted by molar-refractivity contribution is 5.99. The van der Waals surface area contributed by atoms with Crippen LogP contribution in [-0.4, -0.2) is 11.6 Å². The number of rotatable bonds is 7. The van der Waals surface area contributed by atoms with Crippen LogP contribution in [0.2, 0.25) is 0 Å². The van der Waals surface area contributed by atoms with Gasteiger partial charge in [0.15, 0.2) is 0 Å². The Balaban J connectivity index is 1.64. The number of aryl methyl sites for hydroxylation is 2. The van der Waals surface area contributed by atoms with Crippen LogP contribution in [-0.2, 0) is 16.0 Å². The maximum absolute atomic E-state index is 12.3. The molecule has 1 aromatic rings. The van der Waals surface area contributed by atoms with E-state index in [1.807, 2.05) is 0 Å². The highest BCUT2D eigenvalue weighted by atomic mass is 16.1. The van der Waals surface area contributed by atoms with E-state index in [-0.39, 0.29) is 29.3 Å². The van der Waals surface area contributed by atoms with Gasteiger partial charge in [-0.25, -0.2) is 0 Å². The lowest BCUT2D eigenvalue weighted by molar-refractivity contribution is -0.128. The van der Waals surface area contributed by atoms with Crippen molar-refractivity contribution in [3.63, 3.8) is 0 Å². The molecular weight excluding hydrogens is 320 g/mol. The maximum Gasteiger partial charge on any atom is 0.143 e. The van der Waals surface area contributed by atoms with Crippen molar-refractivity contribution in [2.24, 2.45) is 11.3 Å². The summed E-state index contributed by atoms with van der Waals surface area (Å²) in [5.74, 6) is 1.04. The lowest BCUT2D eigenvalue weighted by Gasteiger charge is -2.25. The van der Waals surface area contributed by atoms with Crippen LogP contribution in [0.5, 0.6) is 0 Å². The molecule has 0 amide bonds. The van der Waals surface area contributed by atoms with E-state index in [9.17, 15) is 9.59 Å². The van der Waals surface area contributed by atoms with Gasteiger partial charge in [0.25, 0.3) is 0 Å². The normalized spacial score (nSPS) is 26.3. The van der Waals surface area contributed by atoms with Gasteiger partial charge in [-0.05, 0) is 81.3 Å². The van der Waals surface area contributed by atoms with Crippen LogP contribution in [0.25, 0.3) is 0 Å². The quantitative estimate of drug-likeness (QED) is 0.568. The molecule has 26 heavy (non-hydrogen) atoms. The van der Waals surface area contributed by atoms with E-state index in [0.29, 0.717) is 0 Å². The molecular formula is C24H34O2. The predicted molar refractivity (Wildman–Crippen MR) is 106 cm³/mol. The van der Waals surface area contributed by atoms with E-state index >= 15 is 0 Å². The van der Waals surface area contributed by atoms with Gasteiger partial charge in [0.2, 0.25) is 0 Å². The molecule has 0 saturated heterocycles. The summed E-state index contributed by atoms with van der Waals surface area (Å²) in [5, 5.41) is 0. The molecule has 0 aromatic heterocycles. The molecule has 0 aliphatic heterocycles. The highest BCUT2D eigenvalue weighted by Crippen LogP contribution is 2.46. The highest BCUT2D eigenvalue weighted by Gasteiger charge is 2.38. The minimum Gasteiger partial charge on any atom is -0.300 e. The van der Waals surface area contributed by atoms with Crippen molar-refractivity contribution in [3.05, 3.63) is 34.9 Å². The number of carbonyl (C=O) groups excluding carboxylic acids is 2. The molecule has 2 unspecified atom stereocenters. The molecule has 0 spiro atoms. The predicted octanol–water partition coefficient (Wildman–Crippen LogP) is 5.94. The van der Waals surface area contributed by atoms with Gasteiger partial charge in [0.1, 0.15) is 11.6 Å². The van der Waals surface area contributed by atoms with E-state index in [4.69, 9.17) is 0 Å². The molecule has 2 fully saturated rings. The van der Waals surface area contributed by atoms with Gasteiger partial charge < -0.3 is 0 Å². The maximum atomic E-state index is 12.3. The Morgan fingerprint density at radius 1 is 1.15 bits per heavy atom. The Morgan fingerprint density at radius 2 is 1.88 bits per heavy atom. The standard InChI is InChI=1S/C24H34O2/c1-17-8-9-20(22(14-17)19-6-4-5-7-19)10-12-24(3)13-11-21(16-24)23(26)15-18(2)25/h8-9,14,19,21H,4-7,10-13,15-16H2,1-3H3. The second kappa shape index (κ2) is 8.06. The zero-order valence-electron chi connectivity index (χ0n) is 16.8. The van der Waals surface area contributed by atoms with Gasteiger partial charge in [-0.2, -0.15) is 0 Å². The van der Waals surface area contributed by atoms with Crippen LogP contribution < -0.4 is 0 Å². The van der Waals surface area contributed by atoms with Crippen LogP contribution in [0.4, 0.5) is 0 Å². The topological polar surface area (TPSA) is 34.1 Å². The summed E-state index contributed by atoms with van der Waals surface area (Å²) in [6.07, 6.45) is 10.9. The van der Waals surface area contributed by atoms with E-state index < -0.39 is 0 Å². The van der Waals surface area contributed by atoms with Crippen molar-refractivity contribution in [1.29, 1.82) is 0 Å². The summed E-state index contributed by atoms with van der Waals surface area (Å²) < 4.78 is 0.